The summed E-state index contributed by atoms with van der Waals surface area (Å²) in [7, 11) is 2.32. The van der Waals surface area contributed by atoms with Gasteiger partial charge in [-0.3, -0.25) is 9.59 Å². The zero-order valence-electron chi connectivity index (χ0n) is 17.7. The van der Waals surface area contributed by atoms with Crippen molar-refractivity contribution in [2.45, 2.75) is 41.5 Å². The number of benzene rings is 2. The maximum Gasteiger partial charge on any atom is 0.193 e. The van der Waals surface area contributed by atoms with Gasteiger partial charge in [-0.25, -0.2) is 0 Å². The fourth-order valence-corrected chi connectivity index (χ4v) is 6.06. The van der Waals surface area contributed by atoms with Crippen LogP contribution in [0.4, 0.5) is 0 Å². The lowest BCUT2D eigenvalue weighted by Crippen LogP contribution is -2.21. The highest BCUT2D eigenvalue weighted by molar-refractivity contribution is 7.90. The van der Waals surface area contributed by atoms with Gasteiger partial charge in [0.2, 0.25) is 0 Å². The van der Waals surface area contributed by atoms with E-state index in [0.717, 1.165) is 33.4 Å². The van der Waals surface area contributed by atoms with Crippen molar-refractivity contribution in [1.29, 1.82) is 0 Å². The van der Waals surface area contributed by atoms with Gasteiger partial charge in [0.05, 0.1) is 7.92 Å². The molecule has 0 aliphatic heterocycles. The van der Waals surface area contributed by atoms with Gasteiger partial charge >= 0.3 is 0 Å². The third-order valence-corrected chi connectivity index (χ3v) is 6.97. The van der Waals surface area contributed by atoms with Crippen molar-refractivity contribution < 1.29 is 9.59 Å². The minimum atomic E-state index is -1.51. The van der Waals surface area contributed by atoms with E-state index in [1.165, 1.54) is 0 Å². The first-order valence-electron chi connectivity index (χ1n) is 9.19. The van der Waals surface area contributed by atoms with E-state index in [1.807, 2.05) is 84.8 Å². The smallest absolute Gasteiger partial charge is 0.193 e. The lowest BCUT2D eigenvalue weighted by atomic mass is 10.0. The maximum atomic E-state index is 13.5. The molecule has 0 saturated carbocycles. The Labute approximate surface area is 164 Å². The number of aryl methyl sites for hydroxylation is 6. The maximum absolute atomic E-state index is 13.5. The topological polar surface area (TPSA) is 37.4 Å². The summed E-state index contributed by atoms with van der Waals surface area (Å²) in [6, 6.07) is 8.10. The zero-order valence-corrected chi connectivity index (χ0v) is 18.6. The third kappa shape index (κ3) is 4.72. The molecule has 2 aromatic carbocycles. The Balaban J connectivity index is 2.57. The highest BCUT2D eigenvalue weighted by atomic mass is 31.1. The molecule has 0 unspecified atom stereocenters. The molecule has 4 heteroatoms. The zero-order chi connectivity index (χ0) is 20.5. The van der Waals surface area contributed by atoms with Gasteiger partial charge in [-0.15, -0.1) is 0 Å². The molecule has 0 aliphatic rings. The van der Waals surface area contributed by atoms with E-state index in [1.54, 1.807) is 0 Å². The molecule has 0 N–H and O–H groups in total. The van der Waals surface area contributed by atoms with E-state index < -0.39 is 7.92 Å². The minimum Gasteiger partial charge on any atom is -0.304 e. The fraction of sp³-hybridized carbons (Fsp3) is 0.391. The van der Waals surface area contributed by atoms with Gasteiger partial charge in [-0.05, 0) is 77.9 Å². The number of hydrogen-bond donors (Lipinski definition) is 0. The normalized spacial score (nSPS) is 11.3. The summed E-state index contributed by atoms with van der Waals surface area (Å²) in [5.41, 5.74) is 7.47. The quantitative estimate of drug-likeness (QED) is 0.617. The molecule has 27 heavy (non-hydrogen) atoms. The van der Waals surface area contributed by atoms with Crippen LogP contribution < -0.4 is 0 Å². The molecular weight excluding hydrogens is 353 g/mol. The number of carbonyl (C=O) groups is 2. The van der Waals surface area contributed by atoms with Crippen molar-refractivity contribution in [2.75, 3.05) is 20.4 Å². The molecule has 144 valence electrons. The predicted molar refractivity (Wildman–Crippen MR) is 115 cm³/mol. The lowest BCUT2D eigenvalue weighted by molar-refractivity contribution is 0.104. The Morgan fingerprint density at radius 1 is 0.704 bits per heavy atom. The first-order valence-corrected chi connectivity index (χ1v) is 10.7. The monoisotopic (exact) mass is 383 g/mol. The van der Waals surface area contributed by atoms with Gasteiger partial charge in [0, 0.05) is 17.4 Å². The molecule has 0 atom stereocenters. The molecule has 0 aromatic heterocycles. The highest BCUT2D eigenvalue weighted by Crippen LogP contribution is 2.46. The summed E-state index contributed by atoms with van der Waals surface area (Å²) in [5, 5.41) is 0. The van der Waals surface area contributed by atoms with Crippen LogP contribution in [0.1, 0.15) is 54.1 Å². The molecule has 0 amide bonds. The van der Waals surface area contributed by atoms with Crippen LogP contribution in [0.3, 0.4) is 0 Å². The van der Waals surface area contributed by atoms with Crippen LogP contribution in [0, 0.1) is 41.5 Å². The van der Waals surface area contributed by atoms with Crippen LogP contribution in [0.15, 0.2) is 24.3 Å². The SMILES string of the molecule is Cc1cc(C)c(C(=O)P(CN(C)C)C(=O)c2c(C)cc(C)cc2C)c(C)c1. The van der Waals surface area contributed by atoms with Gasteiger partial charge < -0.3 is 4.90 Å². The van der Waals surface area contributed by atoms with Gasteiger partial charge in [-0.2, -0.15) is 0 Å². The Bertz CT molecular complexity index is 784. The number of nitrogens with zero attached hydrogens (tertiary/aromatic N) is 1. The first-order chi connectivity index (χ1) is 12.5. The Hall–Kier alpha value is -1.83. The largest absolute Gasteiger partial charge is 0.304 e. The number of rotatable bonds is 6. The lowest BCUT2D eigenvalue weighted by Gasteiger charge is -2.23. The Kier molecular flexibility index (Phi) is 6.72. The Morgan fingerprint density at radius 3 is 1.26 bits per heavy atom. The van der Waals surface area contributed by atoms with Crippen LogP contribution in [0.25, 0.3) is 0 Å². The van der Waals surface area contributed by atoms with Crippen LogP contribution in [-0.2, 0) is 0 Å². The molecule has 0 aliphatic carbocycles. The third-order valence-electron chi connectivity index (χ3n) is 4.70. The van der Waals surface area contributed by atoms with E-state index in [4.69, 9.17) is 0 Å². The standard InChI is InChI=1S/C23H30NO2P/c1-14-9-16(3)20(17(4)10-14)22(25)27(13-24(7)8)23(26)21-18(5)11-15(2)12-19(21)6/h9-12H,13H2,1-8H3. The molecule has 0 saturated heterocycles. The Morgan fingerprint density at radius 2 is 1.00 bits per heavy atom. The number of carbonyl (C=O) groups excluding carboxylic acids is 2. The molecule has 0 spiro atoms. The van der Waals surface area contributed by atoms with Crippen LogP contribution >= 0.6 is 7.92 Å². The van der Waals surface area contributed by atoms with Crippen LogP contribution in [0.2, 0.25) is 0 Å². The van der Waals surface area contributed by atoms with Crippen molar-refractivity contribution in [3.8, 4) is 0 Å². The summed E-state index contributed by atoms with van der Waals surface area (Å²) in [6.07, 6.45) is 0.465. The number of hydrogen-bond acceptors (Lipinski definition) is 3. The van der Waals surface area contributed by atoms with Crippen LogP contribution in [-0.4, -0.2) is 36.3 Å². The molecule has 0 heterocycles. The molecular formula is C23H30NO2P. The van der Waals surface area contributed by atoms with E-state index >= 15 is 0 Å². The van der Waals surface area contributed by atoms with Gasteiger partial charge in [0.25, 0.3) is 0 Å². The summed E-state index contributed by atoms with van der Waals surface area (Å²) in [5.74, 6) is 0. The molecule has 2 rings (SSSR count). The second kappa shape index (κ2) is 8.46. The molecule has 0 bridgehead atoms. The average molecular weight is 383 g/mol. The molecule has 0 radical (unpaired) electrons. The highest BCUT2D eigenvalue weighted by Gasteiger charge is 2.32. The van der Waals surface area contributed by atoms with Crippen molar-refractivity contribution in [2.24, 2.45) is 0 Å². The van der Waals surface area contributed by atoms with E-state index in [2.05, 4.69) is 0 Å². The van der Waals surface area contributed by atoms with Crippen molar-refractivity contribution >= 4 is 19.0 Å². The molecule has 3 nitrogen and oxygen atoms in total. The van der Waals surface area contributed by atoms with Gasteiger partial charge in [-0.1, -0.05) is 35.4 Å². The predicted octanol–water partition coefficient (Wildman–Crippen LogP) is 5.52. The van der Waals surface area contributed by atoms with E-state index in [9.17, 15) is 9.59 Å². The summed E-state index contributed by atoms with van der Waals surface area (Å²) < 4.78 is 0. The summed E-state index contributed by atoms with van der Waals surface area (Å²) >= 11 is 0. The van der Waals surface area contributed by atoms with Crippen LogP contribution in [0.5, 0.6) is 0 Å². The van der Waals surface area contributed by atoms with Crippen molar-refractivity contribution in [3.05, 3.63) is 68.8 Å². The fourth-order valence-electron chi connectivity index (χ4n) is 3.81. The van der Waals surface area contributed by atoms with E-state index in [0.29, 0.717) is 17.4 Å². The first kappa shape index (κ1) is 21.5. The summed E-state index contributed by atoms with van der Waals surface area (Å²) in [4.78, 5) is 29.0. The average Bonchev–Trinajstić information content (AvgIpc) is 2.49. The molecule has 0 fully saturated rings. The molecule has 2 aromatic rings. The second-order valence-corrected chi connectivity index (χ2v) is 9.76. The summed E-state index contributed by atoms with van der Waals surface area (Å²) in [6.45, 7) is 11.9. The minimum absolute atomic E-state index is 0.0157. The van der Waals surface area contributed by atoms with Crippen molar-refractivity contribution in [3.63, 3.8) is 0 Å². The van der Waals surface area contributed by atoms with Crippen molar-refractivity contribution in [1.82, 2.24) is 4.90 Å². The second-order valence-electron chi connectivity index (χ2n) is 7.81. The van der Waals surface area contributed by atoms with Gasteiger partial charge in [0.1, 0.15) is 0 Å². The van der Waals surface area contributed by atoms with E-state index in [-0.39, 0.29) is 11.0 Å². The van der Waals surface area contributed by atoms with Gasteiger partial charge in [0.15, 0.2) is 11.0 Å².